The molecule has 0 spiro atoms. The van der Waals surface area contributed by atoms with Crippen LogP contribution in [0.25, 0.3) is 0 Å². The third-order valence-electron chi connectivity index (χ3n) is 2.36. The third kappa shape index (κ3) is 3.21. The van der Waals surface area contributed by atoms with Crippen LogP contribution in [0, 0.1) is 5.82 Å². The molecule has 2 aromatic rings. The third-order valence-corrected chi connectivity index (χ3v) is 2.36. The van der Waals surface area contributed by atoms with Crippen molar-refractivity contribution in [3.8, 4) is 11.5 Å². The van der Waals surface area contributed by atoms with Gasteiger partial charge in [-0.15, -0.1) is 0 Å². The first-order chi connectivity index (χ1) is 8.28. The van der Waals surface area contributed by atoms with Crippen LogP contribution in [0.2, 0.25) is 0 Å². The van der Waals surface area contributed by atoms with Crippen LogP contribution in [-0.4, -0.2) is 7.11 Å². The first-order valence-electron chi connectivity index (χ1n) is 5.29. The number of benzene rings is 2. The number of halogens is 1. The molecule has 3 heteroatoms. The molecule has 0 aliphatic rings. The average Bonchev–Trinajstić information content (AvgIpc) is 2.38. The minimum Gasteiger partial charge on any atom is -0.497 e. The normalized spacial score (nSPS) is 10.0. The van der Waals surface area contributed by atoms with Crippen LogP contribution < -0.4 is 9.47 Å². The lowest BCUT2D eigenvalue weighted by Gasteiger charge is -2.07. The molecule has 0 aliphatic carbocycles. The standard InChI is InChI=1S/C14H13FO2/c1-16-13-3-2-4-14(9-13)17-10-11-5-7-12(15)8-6-11/h2-9H,10H2,1H3. The second-order valence-electron chi connectivity index (χ2n) is 3.59. The highest BCUT2D eigenvalue weighted by atomic mass is 19.1. The van der Waals surface area contributed by atoms with E-state index < -0.39 is 0 Å². The predicted octanol–water partition coefficient (Wildman–Crippen LogP) is 3.41. The van der Waals surface area contributed by atoms with E-state index in [0.29, 0.717) is 6.61 Å². The summed E-state index contributed by atoms with van der Waals surface area (Å²) in [5, 5.41) is 0. The molecule has 0 heterocycles. The fourth-order valence-corrected chi connectivity index (χ4v) is 1.44. The topological polar surface area (TPSA) is 18.5 Å². The van der Waals surface area contributed by atoms with Gasteiger partial charge in [-0.25, -0.2) is 4.39 Å². The molecule has 88 valence electrons. The number of hydrogen-bond acceptors (Lipinski definition) is 2. The van der Waals surface area contributed by atoms with Gasteiger partial charge in [0, 0.05) is 6.07 Å². The predicted molar refractivity (Wildman–Crippen MR) is 63.7 cm³/mol. The largest absolute Gasteiger partial charge is 0.497 e. The first kappa shape index (κ1) is 11.5. The highest BCUT2D eigenvalue weighted by Gasteiger charge is 1.98. The van der Waals surface area contributed by atoms with Crippen molar-refractivity contribution in [1.82, 2.24) is 0 Å². The summed E-state index contributed by atoms with van der Waals surface area (Å²) in [7, 11) is 1.61. The van der Waals surface area contributed by atoms with Gasteiger partial charge in [-0.2, -0.15) is 0 Å². The fraction of sp³-hybridized carbons (Fsp3) is 0.143. The van der Waals surface area contributed by atoms with Gasteiger partial charge in [0.2, 0.25) is 0 Å². The lowest BCUT2D eigenvalue weighted by Crippen LogP contribution is -1.95. The lowest BCUT2D eigenvalue weighted by atomic mass is 10.2. The zero-order chi connectivity index (χ0) is 12.1. The minimum absolute atomic E-state index is 0.241. The van der Waals surface area contributed by atoms with Crippen molar-refractivity contribution >= 4 is 0 Å². The van der Waals surface area contributed by atoms with Gasteiger partial charge in [-0.3, -0.25) is 0 Å². The number of rotatable bonds is 4. The van der Waals surface area contributed by atoms with E-state index >= 15 is 0 Å². The smallest absolute Gasteiger partial charge is 0.123 e. The Labute approximate surface area is 99.6 Å². The Morgan fingerprint density at radius 1 is 1.00 bits per heavy atom. The number of methoxy groups -OCH3 is 1. The van der Waals surface area contributed by atoms with Gasteiger partial charge in [0.1, 0.15) is 23.9 Å². The summed E-state index contributed by atoms with van der Waals surface area (Å²) < 4.78 is 23.4. The van der Waals surface area contributed by atoms with Gasteiger partial charge in [-0.05, 0) is 29.8 Å². The molecule has 0 radical (unpaired) electrons. The van der Waals surface area contributed by atoms with Crippen LogP contribution in [0.3, 0.4) is 0 Å². The maximum absolute atomic E-state index is 12.7. The zero-order valence-electron chi connectivity index (χ0n) is 9.52. The molecule has 0 saturated carbocycles. The van der Waals surface area contributed by atoms with E-state index in [1.807, 2.05) is 24.3 Å². The molecule has 0 N–H and O–H groups in total. The molecule has 17 heavy (non-hydrogen) atoms. The van der Waals surface area contributed by atoms with E-state index in [-0.39, 0.29) is 5.82 Å². The summed E-state index contributed by atoms with van der Waals surface area (Å²) in [6, 6.07) is 13.6. The summed E-state index contributed by atoms with van der Waals surface area (Å²) in [5.41, 5.74) is 0.925. The van der Waals surface area contributed by atoms with Crippen molar-refractivity contribution in [3.05, 3.63) is 59.9 Å². The average molecular weight is 232 g/mol. The van der Waals surface area contributed by atoms with Crippen molar-refractivity contribution in [2.24, 2.45) is 0 Å². The van der Waals surface area contributed by atoms with E-state index in [0.717, 1.165) is 17.1 Å². The molecule has 0 amide bonds. The Morgan fingerprint density at radius 2 is 1.71 bits per heavy atom. The van der Waals surface area contributed by atoms with Gasteiger partial charge in [0.25, 0.3) is 0 Å². The van der Waals surface area contributed by atoms with Gasteiger partial charge < -0.3 is 9.47 Å². The SMILES string of the molecule is COc1cccc(OCc2ccc(F)cc2)c1. The maximum atomic E-state index is 12.7. The minimum atomic E-state index is -0.241. The molecule has 0 aliphatic heterocycles. The van der Waals surface area contributed by atoms with Crippen molar-refractivity contribution in [1.29, 1.82) is 0 Å². The second-order valence-corrected chi connectivity index (χ2v) is 3.59. The Balaban J connectivity index is 1.99. The molecular weight excluding hydrogens is 219 g/mol. The van der Waals surface area contributed by atoms with Crippen LogP contribution in [0.5, 0.6) is 11.5 Å². The van der Waals surface area contributed by atoms with E-state index in [2.05, 4.69) is 0 Å². The lowest BCUT2D eigenvalue weighted by molar-refractivity contribution is 0.303. The molecule has 0 aromatic heterocycles. The highest BCUT2D eigenvalue weighted by Crippen LogP contribution is 2.19. The Hall–Kier alpha value is -2.03. The molecule has 2 nitrogen and oxygen atoms in total. The summed E-state index contributed by atoms with van der Waals surface area (Å²) >= 11 is 0. The molecule has 0 fully saturated rings. The second kappa shape index (κ2) is 5.34. The van der Waals surface area contributed by atoms with Crippen LogP contribution in [-0.2, 0) is 6.61 Å². The number of hydrogen-bond donors (Lipinski definition) is 0. The quantitative estimate of drug-likeness (QED) is 0.804. The number of ether oxygens (including phenoxy) is 2. The van der Waals surface area contributed by atoms with Crippen LogP contribution in [0.4, 0.5) is 4.39 Å². The first-order valence-corrected chi connectivity index (χ1v) is 5.29. The van der Waals surface area contributed by atoms with Crippen LogP contribution >= 0.6 is 0 Å². The van der Waals surface area contributed by atoms with Crippen molar-refractivity contribution in [2.45, 2.75) is 6.61 Å². The van der Waals surface area contributed by atoms with E-state index in [4.69, 9.17) is 9.47 Å². The van der Waals surface area contributed by atoms with Crippen molar-refractivity contribution in [2.75, 3.05) is 7.11 Å². The van der Waals surface area contributed by atoms with E-state index in [9.17, 15) is 4.39 Å². The maximum Gasteiger partial charge on any atom is 0.123 e. The summed E-state index contributed by atoms with van der Waals surface area (Å²) in [6.45, 7) is 0.410. The molecule has 0 atom stereocenters. The van der Waals surface area contributed by atoms with Crippen LogP contribution in [0.15, 0.2) is 48.5 Å². The zero-order valence-corrected chi connectivity index (χ0v) is 9.52. The Kier molecular flexibility index (Phi) is 3.60. The molecule has 0 bridgehead atoms. The monoisotopic (exact) mass is 232 g/mol. The fourth-order valence-electron chi connectivity index (χ4n) is 1.44. The van der Waals surface area contributed by atoms with Gasteiger partial charge in [0.15, 0.2) is 0 Å². The van der Waals surface area contributed by atoms with Gasteiger partial charge >= 0.3 is 0 Å². The van der Waals surface area contributed by atoms with Crippen molar-refractivity contribution < 1.29 is 13.9 Å². The Morgan fingerprint density at radius 3 is 2.41 bits per heavy atom. The van der Waals surface area contributed by atoms with Crippen molar-refractivity contribution in [3.63, 3.8) is 0 Å². The summed E-state index contributed by atoms with van der Waals surface area (Å²) in [4.78, 5) is 0. The summed E-state index contributed by atoms with van der Waals surface area (Å²) in [6.07, 6.45) is 0. The van der Waals surface area contributed by atoms with E-state index in [1.54, 1.807) is 19.2 Å². The molecule has 0 unspecified atom stereocenters. The molecule has 2 aromatic carbocycles. The molecular formula is C14H13FO2. The Bertz CT molecular complexity index is 480. The van der Waals surface area contributed by atoms with E-state index in [1.165, 1.54) is 12.1 Å². The van der Waals surface area contributed by atoms with Gasteiger partial charge in [-0.1, -0.05) is 18.2 Å². The van der Waals surface area contributed by atoms with Gasteiger partial charge in [0.05, 0.1) is 7.11 Å². The summed E-state index contributed by atoms with van der Waals surface area (Å²) in [5.74, 6) is 1.24. The molecule has 2 rings (SSSR count). The highest BCUT2D eigenvalue weighted by molar-refractivity contribution is 5.33. The molecule has 0 saturated heterocycles. The van der Waals surface area contributed by atoms with Crippen LogP contribution in [0.1, 0.15) is 5.56 Å².